The molecule has 1 saturated carbocycles. The van der Waals surface area contributed by atoms with Crippen molar-refractivity contribution in [2.45, 2.75) is 58.2 Å². The van der Waals surface area contributed by atoms with E-state index in [2.05, 4.69) is 22.5 Å². The zero-order valence-electron chi connectivity index (χ0n) is 15.9. The number of rotatable bonds is 12. The van der Waals surface area contributed by atoms with Gasteiger partial charge in [0.2, 0.25) is 0 Å². The second-order valence-electron chi connectivity index (χ2n) is 6.30. The van der Waals surface area contributed by atoms with Crippen molar-refractivity contribution in [3.05, 3.63) is 24.2 Å². The number of ether oxygens (including phenoxy) is 2. The summed E-state index contributed by atoms with van der Waals surface area (Å²) in [5.74, 6) is 1.73. The molecule has 2 N–H and O–H groups in total. The maximum Gasteiger partial charge on any atom is 0.191 e. The number of hydrogen-bond acceptors (Lipinski definition) is 4. The Balaban J connectivity index is 0.00000338. The van der Waals surface area contributed by atoms with Gasteiger partial charge in [-0.2, -0.15) is 0 Å². The first-order valence-corrected chi connectivity index (χ1v) is 9.62. The fourth-order valence-corrected chi connectivity index (χ4v) is 2.85. The number of nitrogens with one attached hydrogen (secondary N) is 2. The van der Waals surface area contributed by atoms with Gasteiger partial charge in [-0.3, -0.25) is 4.99 Å². The third-order valence-electron chi connectivity index (χ3n) is 4.15. The van der Waals surface area contributed by atoms with E-state index in [1.54, 1.807) is 6.26 Å². The van der Waals surface area contributed by atoms with Crippen molar-refractivity contribution in [3.8, 4) is 0 Å². The summed E-state index contributed by atoms with van der Waals surface area (Å²) in [5.41, 5.74) is 0. The van der Waals surface area contributed by atoms with E-state index < -0.39 is 0 Å². The average Bonchev–Trinajstić information content (AvgIpc) is 3.31. The van der Waals surface area contributed by atoms with Crippen molar-refractivity contribution in [1.82, 2.24) is 10.6 Å². The number of furan rings is 1. The molecule has 0 spiro atoms. The van der Waals surface area contributed by atoms with E-state index in [0.717, 1.165) is 50.8 Å². The second-order valence-corrected chi connectivity index (χ2v) is 6.30. The van der Waals surface area contributed by atoms with Crippen molar-refractivity contribution < 1.29 is 13.9 Å². The molecule has 0 saturated heterocycles. The largest absolute Gasteiger partial charge is 0.467 e. The lowest BCUT2D eigenvalue weighted by atomic mass is 10.3. The van der Waals surface area contributed by atoms with Crippen LogP contribution in [0.2, 0.25) is 0 Å². The molecule has 0 unspecified atom stereocenters. The van der Waals surface area contributed by atoms with Gasteiger partial charge in [0.25, 0.3) is 0 Å². The maximum absolute atomic E-state index is 5.88. The van der Waals surface area contributed by atoms with E-state index >= 15 is 0 Å². The molecular weight excluding hydrogens is 445 g/mol. The number of nitrogens with zero attached hydrogens (tertiary/aromatic N) is 1. The monoisotopic (exact) mass is 479 g/mol. The Morgan fingerprint density at radius 2 is 2.08 bits per heavy atom. The topological polar surface area (TPSA) is 68.0 Å². The minimum absolute atomic E-state index is 0. The Morgan fingerprint density at radius 1 is 1.23 bits per heavy atom. The van der Waals surface area contributed by atoms with Gasteiger partial charge in [-0.1, -0.05) is 12.8 Å². The van der Waals surface area contributed by atoms with Gasteiger partial charge in [0.1, 0.15) is 12.4 Å². The molecule has 1 aromatic heterocycles. The van der Waals surface area contributed by atoms with Crippen LogP contribution < -0.4 is 10.6 Å². The molecule has 0 aromatic carbocycles. The number of guanidine groups is 1. The zero-order valence-corrected chi connectivity index (χ0v) is 18.2. The van der Waals surface area contributed by atoms with Crippen molar-refractivity contribution >= 4 is 29.9 Å². The number of hydrogen-bond donors (Lipinski definition) is 2. The van der Waals surface area contributed by atoms with E-state index in [9.17, 15) is 0 Å². The Labute approximate surface area is 174 Å². The highest BCUT2D eigenvalue weighted by molar-refractivity contribution is 14.0. The first kappa shape index (κ1) is 23.2. The molecule has 1 aliphatic rings. The van der Waals surface area contributed by atoms with Crippen LogP contribution in [0.4, 0.5) is 0 Å². The molecule has 0 bridgehead atoms. The van der Waals surface area contributed by atoms with Crippen LogP contribution in [-0.4, -0.2) is 44.9 Å². The van der Waals surface area contributed by atoms with Gasteiger partial charge in [0.05, 0.1) is 12.4 Å². The summed E-state index contributed by atoms with van der Waals surface area (Å²) in [6, 6.07) is 3.79. The van der Waals surface area contributed by atoms with Crippen molar-refractivity contribution in [2.75, 3.05) is 32.8 Å². The highest BCUT2D eigenvalue weighted by Gasteiger charge is 2.14. The SMILES string of the molecule is CCNC(=NCCCOCc1ccco1)NCCCOC1CCCC1.I. The van der Waals surface area contributed by atoms with Gasteiger partial charge in [-0.15, -0.1) is 24.0 Å². The summed E-state index contributed by atoms with van der Waals surface area (Å²) in [5, 5.41) is 6.63. The Bertz CT molecular complexity index is 463. The van der Waals surface area contributed by atoms with Gasteiger partial charge in [0, 0.05) is 32.8 Å². The lowest BCUT2D eigenvalue weighted by Gasteiger charge is -2.13. The molecular formula is C19H34IN3O3. The predicted molar refractivity (Wildman–Crippen MR) is 115 cm³/mol. The first-order valence-electron chi connectivity index (χ1n) is 9.62. The average molecular weight is 479 g/mol. The molecule has 0 aliphatic heterocycles. The zero-order chi connectivity index (χ0) is 17.6. The van der Waals surface area contributed by atoms with Crippen molar-refractivity contribution in [3.63, 3.8) is 0 Å². The molecule has 0 radical (unpaired) electrons. The summed E-state index contributed by atoms with van der Waals surface area (Å²) in [4.78, 5) is 4.57. The molecule has 1 fully saturated rings. The third-order valence-corrected chi connectivity index (χ3v) is 4.15. The second kappa shape index (κ2) is 15.3. The van der Waals surface area contributed by atoms with Gasteiger partial charge in [0.15, 0.2) is 5.96 Å². The smallest absolute Gasteiger partial charge is 0.191 e. The standard InChI is InChI=1S/C19H33N3O3.HI/c1-2-20-19(22-12-7-15-24-17-8-3-4-9-17)21-11-6-13-23-16-18-10-5-14-25-18;/h5,10,14,17H,2-4,6-9,11-13,15-16H2,1H3,(H2,20,21,22);1H. The van der Waals surface area contributed by atoms with Crippen LogP contribution in [-0.2, 0) is 16.1 Å². The molecule has 6 nitrogen and oxygen atoms in total. The molecule has 1 aliphatic carbocycles. The molecule has 0 amide bonds. The minimum atomic E-state index is 0. The van der Waals surface area contributed by atoms with E-state index in [1.807, 2.05) is 12.1 Å². The van der Waals surface area contributed by atoms with Gasteiger partial charge in [-0.25, -0.2) is 0 Å². The fraction of sp³-hybridized carbons (Fsp3) is 0.737. The third kappa shape index (κ3) is 10.4. The quantitative estimate of drug-likeness (QED) is 0.207. The normalized spacial score (nSPS) is 15.0. The van der Waals surface area contributed by atoms with Crippen LogP contribution in [0, 0.1) is 0 Å². The molecule has 1 aromatic rings. The molecule has 26 heavy (non-hydrogen) atoms. The Hall–Kier alpha value is -0.800. The van der Waals surface area contributed by atoms with Crippen LogP contribution >= 0.6 is 24.0 Å². The van der Waals surface area contributed by atoms with Crippen molar-refractivity contribution in [2.24, 2.45) is 4.99 Å². The molecule has 1 heterocycles. The number of halogens is 1. The number of aliphatic imine (C=N–C) groups is 1. The molecule has 2 rings (SSSR count). The highest BCUT2D eigenvalue weighted by atomic mass is 127. The van der Waals surface area contributed by atoms with Crippen LogP contribution in [0.1, 0.15) is 51.2 Å². The first-order chi connectivity index (χ1) is 12.4. The predicted octanol–water partition coefficient (Wildman–Crippen LogP) is 3.71. The summed E-state index contributed by atoms with van der Waals surface area (Å²) < 4.78 is 16.7. The van der Waals surface area contributed by atoms with E-state index in [0.29, 0.717) is 19.3 Å². The van der Waals surface area contributed by atoms with E-state index in [1.165, 1.54) is 25.7 Å². The molecule has 7 heteroatoms. The lowest BCUT2D eigenvalue weighted by molar-refractivity contribution is 0.0574. The van der Waals surface area contributed by atoms with Crippen LogP contribution in [0.25, 0.3) is 0 Å². The van der Waals surface area contributed by atoms with Gasteiger partial charge < -0.3 is 24.5 Å². The summed E-state index contributed by atoms with van der Waals surface area (Å²) in [6.45, 7) is 6.60. The fourth-order valence-electron chi connectivity index (χ4n) is 2.85. The lowest BCUT2D eigenvalue weighted by Crippen LogP contribution is -2.38. The van der Waals surface area contributed by atoms with E-state index in [-0.39, 0.29) is 24.0 Å². The summed E-state index contributed by atoms with van der Waals surface area (Å²) in [7, 11) is 0. The van der Waals surface area contributed by atoms with Crippen molar-refractivity contribution in [1.29, 1.82) is 0 Å². The Morgan fingerprint density at radius 3 is 2.81 bits per heavy atom. The van der Waals surface area contributed by atoms with Crippen LogP contribution in [0.3, 0.4) is 0 Å². The minimum Gasteiger partial charge on any atom is -0.467 e. The molecule has 150 valence electrons. The van der Waals surface area contributed by atoms with Crippen LogP contribution in [0.15, 0.2) is 27.8 Å². The van der Waals surface area contributed by atoms with Crippen LogP contribution in [0.5, 0.6) is 0 Å². The summed E-state index contributed by atoms with van der Waals surface area (Å²) in [6.07, 6.45) is 9.18. The van der Waals surface area contributed by atoms with Gasteiger partial charge >= 0.3 is 0 Å². The molecule has 0 atom stereocenters. The van der Waals surface area contributed by atoms with E-state index in [4.69, 9.17) is 13.9 Å². The Kier molecular flexibility index (Phi) is 13.7. The highest BCUT2D eigenvalue weighted by Crippen LogP contribution is 2.20. The summed E-state index contributed by atoms with van der Waals surface area (Å²) >= 11 is 0. The van der Waals surface area contributed by atoms with Gasteiger partial charge in [-0.05, 0) is 44.7 Å². The maximum atomic E-state index is 5.88.